The molecule has 130 valence electrons. The second kappa shape index (κ2) is 8.24. The van der Waals surface area contributed by atoms with Crippen LogP contribution in [-0.4, -0.2) is 15.7 Å². The van der Waals surface area contributed by atoms with Gasteiger partial charge in [0.2, 0.25) is 0 Å². The lowest BCUT2D eigenvalue weighted by Crippen LogP contribution is -2.25. The lowest BCUT2D eigenvalue weighted by Gasteiger charge is -2.11. The zero-order valence-corrected chi connectivity index (χ0v) is 15.7. The largest absolute Gasteiger partial charge is 0.331 e. The molecule has 0 fully saturated rings. The molecule has 0 unspecified atom stereocenters. The summed E-state index contributed by atoms with van der Waals surface area (Å²) >= 11 is 17.1. The average Bonchev–Trinajstić information content (AvgIpc) is 2.57. The smallest absolute Gasteiger partial charge is 0.288 e. The Morgan fingerprint density at radius 1 is 1.24 bits per heavy atom. The van der Waals surface area contributed by atoms with Crippen molar-refractivity contribution in [3.63, 3.8) is 0 Å². The second-order valence-electron chi connectivity index (χ2n) is 5.10. The number of halogens is 2. The SMILES string of the molecule is C/C(=N/NC(=S)Nc1cccc(Cl)c1C)c1ccc(Cl)c([N+](=O)[O-])c1. The van der Waals surface area contributed by atoms with Crippen LogP contribution in [0.5, 0.6) is 0 Å². The fourth-order valence-corrected chi connectivity index (χ4v) is 2.49. The number of nitrogens with one attached hydrogen (secondary N) is 2. The summed E-state index contributed by atoms with van der Waals surface area (Å²) in [5, 5.41) is 19.1. The Bertz CT molecular complexity index is 871. The van der Waals surface area contributed by atoms with Gasteiger partial charge in [-0.3, -0.25) is 15.5 Å². The highest BCUT2D eigenvalue weighted by molar-refractivity contribution is 7.80. The molecule has 0 aliphatic carbocycles. The molecule has 0 atom stereocenters. The molecule has 0 spiro atoms. The Labute approximate surface area is 160 Å². The van der Waals surface area contributed by atoms with Gasteiger partial charge in [-0.25, -0.2) is 0 Å². The zero-order chi connectivity index (χ0) is 18.6. The third-order valence-corrected chi connectivity index (χ3v) is 4.32. The molecule has 6 nitrogen and oxygen atoms in total. The van der Waals surface area contributed by atoms with E-state index in [1.807, 2.05) is 19.1 Å². The number of hydrogen-bond donors (Lipinski definition) is 2. The second-order valence-corrected chi connectivity index (χ2v) is 6.32. The van der Waals surface area contributed by atoms with E-state index in [0.29, 0.717) is 16.3 Å². The third kappa shape index (κ3) is 4.88. The number of hydrogen-bond acceptors (Lipinski definition) is 4. The van der Waals surface area contributed by atoms with E-state index >= 15 is 0 Å². The number of nitro groups is 1. The molecule has 0 radical (unpaired) electrons. The minimum Gasteiger partial charge on any atom is -0.331 e. The van der Waals surface area contributed by atoms with Gasteiger partial charge in [-0.1, -0.05) is 35.3 Å². The molecule has 2 rings (SSSR count). The molecular weight excluding hydrogens is 383 g/mol. The number of hydrazone groups is 1. The van der Waals surface area contributed by atoms with Crippen molar-refractivity contribution in [2.24, 2.45) is 5.10 Å². The molecule has 0 heterocycles. The van der Waals surface area contributed by atoms with Gasteiger partial charge in [0.1, 0.15) is 5.02 Å². The summed E-state index contributed by atoms with van der Waals surface area (Å²) in [5.41, 5.74) is 5.23. The topological polar surface area (TPSA) is 79.6 Å². The van der Waals surface area contributed by atoms with Gasteiger partial charge in [-0.15, -0.1) is 0 Å². The van der Waals surface area contributed by atoms with E-state index < -0.39 is 4.92 Å². The van der Waals surface area contributed by atoms with Crippen LogP contribution in [0.2, 0.25) is 10.0 Å². The average molecular weight is 397 g/mol. The predicted molar refractivity (Wildman–Crippen MR) is 106 cm³/mol. The molecule has 0 aliphatic rings. The first-order valence-corrected chi connectivity index (χ1v) is 8.26. The number of nitrogens with zero attached hydrogens (tertiary/aromatic N) is 2. The Kier molecular flexibility index (Phi) is 6.30. The summed E-state index contributed by atoms with van der Waals surface area (Å²) in [5.74, 6) is 0. The van der Waals surface area contributed by atoms with Crippen molar-refractivity contribution >= 4 is 57.6 Å². The Balaban J connectivity index is 2.10. The molecule has 2 aromatic carbocycles. The summed E-state index contributed by atoms with van der Waals surface area (Å²) in [4.78, 5) is 10.4. The van der Waals surface area contributed by atoms with Gasteiger partial charge < -0.3 is 5.32 Å². The quantitative estimate of drug-likeness (QED) is 0.331. The minimum atomic E-state index is -0.541. The standard InChI is InChI=1S/C16H14Cl2N4O2S/c1-9-12(17)4-3-5-14(9)19-16(25)21-20-10(2)11-6-7-13(18)15(8-11)22(23)24/h3-8H,1-2H3,(H2,19,21,25)/b20-10-. The maximum atomic E-state index is 10.9. The van der Waals surface area contributed by atoms with Crippen molar-refractivity contribution in [2.45, 2.75) is 13.8 Å². The number of benzene rings is 2. The summed E-state index contributed by atoms with van der Waals surface area (Å²) in [7, 11) is 0. The summed E-state index contributed by atoms with van der Waals surface area (Å²) in [6, 6.07) is 9.90. The molecule has 0 bridgehead atoms. The monoisotopic (exact) mass is 396 g/mol. The number of nitro benzene ring substituents is 1. The van der Waals surface area contributed by atoms with Gasteiger partial charge in [-0.05, 0) is 49.8 Å². The summed E-state index contributed by atoms with van der Waals surface area (Å²) < 4.78 is 0. The maximum absolute atomic E-state index is 10.9. The highest BCUT2D eigenvalue weighted by Gasteiger charge is 2.13. The number of anilines is 1. The first-order chi connectivity index (χ1) is 11.8. The van der Waals surface area contributed by atoms with Crippen molar-refractivity contribution in [3.05, 3.63) is 67.7 Å². The fraction of sp³-hybridized carbons (Fsp3) is 0.125. The lowest BCUT2D eigenvalue weighted by atomic mass is 10.1. The van der Waals surface area contributed by atoms with Gasteiger partial charge in [0, 0.05) is 22.3 Å². The summed E-state index contributed by atoms with van der Waals surface area (Å²) in [6.07, 6.45) is 0. The molecule has 0 saturated heterocycles. The lowest BCUT2D eigenvalue weighted by molar-refractivity contribution is -0.384. The highest BCUT2D eigenvalue weighted by Crippen LogP contribution is 2.25. The van der Waals surface area contributed by atoms with E-state index in [4.69, 9.17) is 35.4 Å². The molecule has 9 heteroatoms. The predicted octanol–water partition coefficient (Wildman–Crippen LogP) is 4.92. The van der Waals surface area contributed by atoms with Crippen LogP contribution in [0.25, 0.3) is 0 Å². The molecule has 2 aromatic rings. The van der Waals surface area contributed by atoms with Gasteiger partial charge >= 0.3 is 0 Å². The molecule has 0 saturated carbocycles. The van der Waals surface area contributed by atoms with Crippen molar-refractivity contribution in [1.29, 1.82) is 0 Å². The van der Waals surface area contributed by atoms with E-state index in [1.54, 1.807) is 19.1 Å². The van der Waals surface area contributed by atoms with E-state index in [-0.39, 0.29) is 15.8 Å². The zero-order valence-electron chi connectivity index (χ0n) is 13.3. The minimum absolute atomic E-state index is 0.0723. The van der Waals surface area contributed by atoms with E-state index in [0.717, 1.165) is 11.3 Å². The van der Waals surface area contributed by atoms with Crippen LogP contribution >= 0.6 is 35.4 Å². The highest BCUT2D eigenvalue weighted by atomic mass is 35.5. The van der Waals surface area contributed by atoms with Crippen LogP contribution in [0.1, 0.15) is 18.1 Å². The van der Waals surface area contributed by atoms with E-state index in [9.17, 15) is 10.1 Å². The van der Waals surface area contributed by atoms with Crippen molar-refractivity contribution in [2.75, 3.05) is 5.32 Å². The molecule has 0 amide bonds. The first kappa shape index (κ1) is 19.1. The Hall–Kier alpha value is -2.22. The van der Waals surface area contributed by atoms with Gasteiger partial charge in [0.25, 0.3) is 5.69 Å². The van der Waals surface area contributed by atoms with Crippen LogP contribution in [0.4, 0.5) is 11.4 Å². The van der Waals surface area contributed by atoms with Gasteiger partial charge in [-0.2, -0.15) is 5.10 Å². The number of thiocarbonyl (C=S) groups is 1. The molecular formula is C16H14Cl2N4O2S. The van der Waals surface area contributed by atoms with Gasteiger partial charge in [0.05, 0.1) is 10.6 Å². The fourth-order valence-electron chi connectivity index (χ4n) is 1.97. The molecule has 2 N–H and O–H groups in total. The van der Waals surface area contributed by atoms with Crippen LogP contribution in [-0.2, 0) is 0 Å². The molecule has 25 heavy (non-hydrogen) atoms. The van der Waals surface area contributed by atoms with Crippen molar-refractivity contribution < 1.29 is 4.92 Å². The van der Waals surface area contributed by atoms with Crippen LogP contribution in [0.15, 0.2) is 41.5 Å². The van der Waals surface area contributed by atoms with E-state index in [1.165, 1.54) is 12.1 Å². The summed E-state index contributed by atoms with van der Waals surface area (Å²) in [6.45, 7) is 3.57. The van der Waals surface area contributed by atoms with Crippen LogP contribution in [0.3, 0.4) is 0 Å². The molecule has 0 aromatic heterocycles. The van der Waals surface area contributed by atoms with E-state index in [2.05, 4.69) is 15.8 Å². The Morgan fingerprint density at radius 2 is 1.96 bits per heavy atom. The van der Waals surface area contributed by atoms with Crippen molar-refractivity contribution in [3.8, 4) is 0 Å². The van der Waals surface area contributed by atoms with Crippen LogP contribution in [0, 0.1) is 17.0 Å². The van der Waals surface area contributed by atoms with Crippen molar-refractivity contribution in [1.82, 2.24) is 5.43 Å². The maximum Gasteiger partial charge on any atom is 0.288 e. The molecule has 0 aliphatic heterocycles. The van der Waals surface area contributed by atoms with Crippen LogP contribution < -0.4 is 10.7 Å². The number of rotatable bonds is 4. The first-order valence-electron chi connectivity index (χ1n) is 7.10. The normalized spacial score (nSPS) is 11.1. The third-order valence-electron chi connectivity index (χ3n) is 3.40. The Morgan fingerprint density at radius 3 is 2.64 bits per heavy atom. The van der Waals surface area contributed by atoms with Gasteiger partial charge in [0.15, 0.2) is 5.11 Å².